The topological polar surface area (TPSA) is 90.4 Å². The molecular formula is C19H26N8O. The number of aromatic nitrogens is 4. The lowest BCUT2D eigenvalue weighted by Crippen LogP contribution is -2.49. The van der Waals surface area contributed by atoms with Gasteiger partial charge in [-0.05, 0) is 18.9 Å². The van der Waals surface area contributed by atoms with Crippen molar-refractivity contribution in [2.75, 3.05) is 60.9 Å². The van der Waals surface area contributed by atoms with Crippen LogP contribution in [-0.4, -0.2) is 76.6 Å². The van der Waals surface area contributed by atoms with E-state index >= 15 is 0 Å². The summed E-state index contributed by atoms with van der Waals surface area (Å²) in [5.41, 5.74) is 0. The standard InChI is InChI=1S/C19H26N8O/c28-18(26-10-12-27(13-11-26)19-21-5-3-6-22-19)4-7-20-16-14-17(24-15-23-16)25-8-1-2-9-25/h3,5-6,14-15H,1-2,4,7-13H2,(H,20,23,24). The van der Waals surface area contributed by atoms with Crippen LogP contribution in [0.4, 0.5) is 17.6 Å². The predicted molar refractivity (Wildman–Crippen MR) is 107 cm³/mol. The van der Waals surface area contributed by atoms with Gasteiger partial charge in [0.05, 0.1) is 0 Å². The first-order valence-electron chi connectivity index (χ1n) is 9.90. The Labute approximate surface area is 164 Å². The molecule has 0 aromatic carbocycles. The molecule has 0 radical (unpaired) electrons. The fraction of sp³-hybridized carbons (Fsp3) is 0.526. The summed E-state index contributed by atoms with van der Waals surface area (Å²) in [6.45, 7) is 5.58. The second kappa shape index (κ2) is 8.81. The van der Waals surface area contributed by atoms with E-state index in [2.05, 4.69) is 35.1 Å². The number of rotatable bonds is 6. The van der Waals surface area contributed by atoms with Gasteiger partial charge < -0.3 is 20.0 Å². The normalized spacial score (nSPS) is 17.1. The van der Waals surface area contributed by atoms with Crippen LogP contribution in [0, 0.1) is 0 Å². The monoisotopic (exact) mass is 382 g/mol. The maximum atomic E-state index is 12.5. The summed E-state index contributed by atoms with van der Waals surface area (Å²) in [4.78, 5) is 36.0. The van der Waals surface area contributed by atoms with Gasteiger partial charge in [0.1, 0.15) is 18.0 Å². The summed E-state index contributed by atoms with van der Waals surface area (Å²) in [6.07, 6.45) is 7.95. The van der Waals surface area contributed by atoms with E-state index in [9.17, 15) is 4.79 Å². The van der Waals surface area contributed by atoms with Crippen molar-refractivity contribution in [3.63, 3.8) is 0 Å². The van der Waals surface area contributed by atoms with Gasteiger partial charge in [-0.15, -0.1) is 0 Å². The quantitative estimate of drug-likeness (QED) is 0.792. The van der Waals surface area contributed by atoms with Crippen LogP contribution in [0.3, 0.4) is 0 Å². The number of piperazine rings is 1. The van der Waals surface area contributed by atoms with E-state index in [0.717, 1.165) is 43.8 Å². The van der Waals surface area contributed by atoms with Crippen LogP contribution >= 0.6 is 0 Å². The third-order valence-electron chi connectivity index (χ3n) is 5.20. The van der Waals surface area contributed by atoms with Crippen molar-refractivity contribution in [2.45, 2.75) is 19.3 Å². The van der Waals surface area contributed by atoms with Crippen LogP contribution < -0.4 is 15.1 Å². The zero-order valence-corrected chi connectivity index (χ0v) is 16.0. The second-order valence-electron chi connectivity index (χ2n) is 7.05. The van der Waals surface area contributed by atoms with Gasteiger partial charge in [0, 0.05) is 70.7 Å². The van der Waals surface area contributed by atoms with Gasteiger partial charge in [-0.2, -0.15) is 0 Å². The molecule has 2 aliphatic heterocycles. The minimum absolute atomic E-state index is 0.162. The fourth-order valence-electron chi connectivity index (χ4n) is 3.63. The van der Waals surface area contributed by atoms with Gasteiger partial charge in [0.25, 0.3) is 0 Å². The molecule has 4 heterocycles. The number of carbonyl (C=O) groups is 1. The Bertz CT molecular complexity index is 773. The van der Waals surface area contributed by atoms with Crippen LogP contribution in [0.15, 0.2) is 30.9 Å². The van der Waals surface area contributed by atoms with Crippen molar-refractivity contribution in [2.24, 2.45) is 0 Å². The minimum atomic E-state index is 0.162. The van der Waals surface area contributed by atoms with Crippen molar-refractivity contribution in [3.8, 4) is 0 Å². The second-order valence-corrected chi connectivity index (χ2v) is 7.05. The average Bonchev–Trinajstić information content (AvgIpc) is 3.30. The summed E-state index contributed by atoms with van der Waals surface area (Å²) in [6, 6.07) is 3.77. The molecule has 9 nitrogen and oxygen atoms in total. The Kier molecular flexibility index (Phi) is 5.79. The van der Waals surface area contributed by atoms with E-state index in [4.69, 9.17) is 0 Å². The Hall–Kier alpha value is -2.97. The highest BCUT2D eigenvalue weighted by molar-refractivity contribution is 5.77. The van der Waals surface area contributed by atoms with Gasteiger partial charge in [-0.3, -0.25) is 4.79 Å². The summed E-state index contributed by atoms with van der Waals surface area (Å²) >= 11 is 0. The van der Waals surface area contributed by atoms with Crippen molar-refractivity contribution >= 4 is 23.5 Å². The lowest BCUT2D eigenvalue weighted by atomic mass is 10.3. The van der Waals surface area contributed by atoms with Crippen molar-refractivity contribution < 1.29 is 4.79 Å². The Morgan fingerprint density at radius 1 is 0.929 bits per heavy atom. The molecule has 0 aliphatic carbocycles. The van der Waals surface area contributed by atoms with Crippen molar-refractivity contribution in [3.05, 3.63) is 30.9 Å². The first-order valence-corrected chi connectivity index (χ1v) is 9.90. The average molecular weight is 382 g/mol. The number of carbonyl (C=O) groups excluding carboxylic acids is 1. The van der Waals surface area contributed by atoms with E-state index in [1.807, 2.05) is 17.0 Å². The molecule has 0 spiro atoms. The van der Waals surface area contributed by atoms with Crippen LogP contribution in [0.25, 0.3) is 0 Å². The third kappa shape index (κ3) is 4.47. The molecule has 1 N–H and O–H groups in total. The first kappa shape index (κ1) is 18.4. The number of nitrogens with zero attached hydrogens (tertiary/aromatic N) is 7. The Morgan fingerprint density at radius 2 is 1.68 bits per heavy atom. The molecule has 28 heavy (non-hydrogen) atoms. The lowest BCUT2D eigenvalue weighted by molar-refractivity contribution is -0.131. The molecular weight excluding hydrogens is 356 g/mol. The van der Waals surface area contributed by atoms with Gasteiger partial charge in [0.2, 0.25) is 11.9 Å². The number of hydrogen-bond acceptors (Lipinski definition) is 8. The van der Waals surface area contributed by atoms with Crippen LogP contribution in [0.5, 0.6) is 0 Å². The highest BCUT2D eigenvalue weighted by atomic mass is 16.2. The maximum absolute atomic E-state index is 12.5. The highest BCUT2D eigenvalue weighted by Crippen LogP contribution is 2.19. The van der Waals surface area contributed by atoms with Gasteiger partial charge in [0.15, 0.2) is 0 Å². The number of anilines is 3. The maximum Gasteiger partial charge on any atom is 0.225 e. The molecule has 1 amide bonds. The minimum Gasteiger partial charge on any atom is -0.369 e. The number of nitrogens with one attached hydrogen (secondary N) is 1. The SMILES string of the molecule is O=C(CCNc1cc(N2CCCC2)ncn1)N1CCN(c2ncccn2)CC1. The smallest absolute Gasteiger partial charge is 0.225 e. The van der Waals surface area contributed by atoms with Crippen LogP contribution in [-0.2, 0) is 4.79 Å². The zero-order valence-electron chi connectivity index (χ0n) is 16.0. The molecule has 0 atom stereocenters. The summed E-state index contributed by atoms with van der Waals surface area (Å²) in [5.74, 6) is 2.63. The van der Waals surface area contributed by atoms with Crippen LogP contribution in [0.2, 0.25) is 0 Å². The highest BCUT2D eigenvalue weighted by Gasteiger charge is 2.22. The largest absolute Gasteiger partial charge is 0.369 e. The summed E-state index contributed by atoms with van der Waals surface area (Å²) < 4.78 is 0. The first-order chi connectivity index (χ1) is 13.8. The van der Waals surface area contributed by atoms with Crippen LogP contribution in [0.1, 0.15) is 19.3 Å². The van der Waals surface area contributed by atoms with Gasteiger partial charge in [-0.1, -0.05) is 0 Å². The predicted octanol–water partition coefficient (Wildman–Crippen LogP) is 1.02. The summed E-state index contributed by atoms with van der Waals surface area (Å²) in [7, 11) is 0. The molecule has 2 aromatic rings. The molecule has 2 fully saturated rings. The summed E-state index contributed by atoms with van der Waals surface area (Å²) in [5, 5.41) is 3.26. The molecule has 2 aliphatic rings. The Balaban J connectivity index is 1.21. The van der Waals surface area contributed by atoms with Gasteiger partial charge >= 0.3 is 0 Å². The molecule has 4 rings (SSSR count). The van der Waals surface area contributed by atoms with E-state index in [1.54, 1.807) is 18.7 Å². The van der Waals surface area contributed by atoms with Gasteiger partial charge in [-0.25, -0.2) is 19.9 Å². The molecule has 2 saturated heterocycles. The number of hydrogen-bond donors (Lipinski definition) is 1. The zero-order chi connectivity index (χ0) is 19.2. The molecule has 0 bridgehead atoms. The van der Waals surface area contributed by atoms with E-state index in [0.29, 0.717) is 26.1 Å². The fourth-order valence-corrected chi connectivity index (χ4v) is 3.63. The number of amides is 1. The van der Waals surface area contributed by atoms with Crippen molar-refractivity contribution in [1.82, 2.24) is 24.8 Å². The molecule has 0 unspecified atom stereocenters. The van der Waals surface area contributed by atoms with Crippen molar-refractivity contribution in [1.29, 1.82) is 0 Å². The molecule has 9 heteroatoms. The molecule has 0 saturated carbocycles. The molecule has 148 valence electrons. The third-order valence-corrected chi connectivity index (χ3v) is 5.20. The van der Waals surface area contributed by atoms with E-state index < -0.39 is 0 Å². The Morgan fingerprint density at radius 3 is 2.43 bits per heavy atom. The lowest BCUT2D eigenvalue weighted by Gasteiger charge is -2.34. The van der Waals surface area contributed by atoms with E-state index in [-0.39, 0.29) is 5.91 Å². The van der Waals surface area contributed by atoms with E-state index in [1.165, 1.54) is 12.8 Å². The molecule has 2 aromatic heterocycles.